The molecule has 0 radical (unpaired) electrons. The Morgan fingerprint density at radius 2 is 2.18 bits per heavy atom. The Morgan fingerprint density at radius 1 is 1.64 bits per heavy atom. The van der Waals surface area contributed by atoms with Gasteiger partial charge in [-0.25, -0.2) is 0 Å². The van der Waals surface area contributed by atoms with Crippen LogP contribution in [0.1, 0.15) is 20.3 Å². The molecule has 0 atom stereocenters. The van der Waals surface area contributed by atoms with Crippen LogP contribution in [-0.4, -0.2) is 0 Å². The van der Waals surface area contributed by atoms with Crippen LogP contribution in [0, 0.1) is 0 Å². The Balaban J connectivity index is 4.22. The highest BCUT2D eigenvalue weighted by Gasteiger charge is 1.92. The van der Waals surface area contributed by atoms with Gasteiger partial charge in [0, 0.05) is 0 Å². The van der Waals surface area contributed by atoms with Gasteiger partial charge < -0.3 is 5.73 Å². The van der Waals surface area contributed by atoms with Gasteiger partial charge in [0.05, 0.1) is 5.16 Å². The highest BCUT2D eigenvalue weighted by Crippen LogP contribution is 2.11. The Kier molecular flexibility index (Phi) is 4.71. The van der Waals surface area contributed by atoms with Crippen LogP contribution in [0.2, 0.25) is 0 Å². The van der Waals surface area contributed by atoms with Crippen molar-refractivity contribution in [1.29, 1.82) is 0 Å². The molecule has 0 unspecified atom stereocenters. The predicted octanol–water partition coefficient (Wildman–Crippen LogP) is 2.94. The molecule has 0 rings (SSSR count). The number of hydrogen-bond acceptors (Lipinski definition) is 1. The lowest BCUT2D eigenvalue weighted by Crippen LogP contribution is -1.89. The summed E-state index contributed by atoms with van der Waals surface area (Å²) in [6, 6.07) is 0. The molecule has 0 heterocycles. The minimum absolute atomic E-state index is 0.319. The van der Waals surface area contributed by atoms with E-state index in [0.717, 1.165) is 17.6 Å². The third-order valence-corrected chi connectivity index (χ3v) is 1.31. The van der Waals surface area contributed by atoms with E-state index in [4.69, 9.17) is 17.3 Å². The first-order valence-corrected chi connectivity index (χ1v) is 3.86. The largest absolute Gasteiger partial charge is 0.389 e. The molecule has 2 N–H and O–H groups in total. The van der Waals surface area contributed by atoms with Crippen molar-refractivity contribution in [2.45, 2.75) is 20.3 Å². The average Bonchev–Trinajstić information content (AvgIpc) is 1.84. The highest BCUT2D eigenvalue weighted by atomic mass is 35.5. The van der Waals surface area contributed by atoms with Crippen LogP contribution in [0.4, 0.5) is 0 Å². The molecule has 62 valence electrons. The van der Waals surface area contributed by atoms with Crippen molar-refractivity contribution in [1.82, 2.24) is 0 Å². The number of allylic oxidation sites excluding steroid dienone is 4. The van der Waals surface area contributed by atoms with E-state index in [-0.39, 0.29) is 0 Å². The average molecular weight is 172 g/mol. The molecular weight excluding hydrogens is 158 g/mol. The SMILES string of the molecule is C=C(C)CC(=C/C)/C=C(\N)Cl. The summed E-state index contributed by atoms with van der Waals surface area (Å²) in [5.74, 6) is 0. The summed E-state index contributed by atoms with van der Waals surface area (Å²) in [5.41, 5.74) is 7.51. The molecule has 0 saturated heterocycles. The normalized spacial score (nSPS) is 13.4. The molecule has 0 fully saturated rings. The van der Waals surface area contributed by atoms with Gasteiger partial charge in [0.2, 0.25) is 0 Å². The zero-order chi connectivity index (χ0) is 8.85. The van der Waals surface area contributed by atoms with E-state index < -0.39 is 0 Å². The predicted molar refractivity (Wildman–Crippen MR) is 51.3 cm³/mol. The smallest absolute Gasteiger partial charge is 0.0994 e. The summed E-state index contributed by atoms with van der Waals surface area (Å²) in [5, 5.41) is 0.319. The number of halogens is 1. The first-order valence-electron chi connectivity index (χ1n) is 3.48. The fourth-order valence-electron chi connectivity index (χ4n) is 0.762. The van der Waals surface area contributed by atoms with E-state index in [1.807, 2.05) is 19.9 Å². The van der Waals surface area contributed by atoms with Crippen molar-refractivity contribution in [2.75, 3.05) is 0 Å². The Morgan fingerprint density at radius 3 is 2.45 bits per heavy atom. The van der Waals surface area contributed by atoms with Crippen LogP contribution in [0.25, 0.3) is 0 Å². The molecule has 0 aliphatic rings. The van der Waals surface area contributed by atoms with Gasteiger partial charge in [0.1, 0.15) is 0 Å². The van der Waals surface area contributed by atoms with Gasteiger partial charge in [-0.15, -0.1) is 0 Å². The summed E-state index contributed by atoms with van der Waals surface area (Å²) >= 11 is 5.50. The molecule has 0 amide bonds. The van der Waals surface area contributed by atoms with Gasteiger partial charge in [0.15, 0.2) is 0 Å². The summed E-state index contributed by atoms with van der Waals surface area (Å²) in [7, 11) is 0. The number of rotatable bonds is 3. The second kappa shape index (κ2) is 5.03. The van der Waals surface area contributed by atoms with E-state index in [9.17, 15) is 0 Å². The van der Waals surface area contributed by atoms with Crippen LogP contribution < -0.4 is 5.73 Å². The minimum Gasteiger partial charge on any atom is -0.389 e. The summed E-state index contributed by atoms with van der Waals surface area (Å²) in [4.78, 5) is 0. The molecule has 1 nitrogen and oxygen atoms in total. The Labute approximate surface area is 73.2 Å². The third kappa shape index (κ3) is 5.74. The molecule has 0 saturated carbocycles. The maximum atomic E-state index is 5.50. The third-order valence-electron chi connectivity index (χ3n) is 1.20. The van der Waals surface area contributed by atoms with E-state index in [2.05, 4.69) is 6.58 Å². The fourth-order valence-corrected chi connectivity index (χ4v) is 0.902. The van der Waals surface area contributed by atoms with Gasteiger partial charge in [-0.3, -0.25) is 0 Å². The zero-order valence-corrected chi connectivity index (χ0v) is 7.78. The minimum atomic E-state index is 0.319. The molecule has 0 aromatic rings. The highest BCUT2D eigenvalue weighted by molar-refractivity contribution is 6.29. The molecular formula is C9H14ClN. The summed E-state index contributed by atoms with van der Waals surface area (Å²) in [6.45, 7) is 7.72. The lowest BCUT2D eigenvalue weighted by Gasteiger charge is -1.99. The van der Waals surface area contributed by atoms with Crippen LogP contribution in [-0.2, 0) is 0 Å². The van der Waals surface area contributed by atoms with Crippen LogP contribution in [0.3, 0.4) is 0 Å². The second-order valence-corrected chi connectivity index (χ2v) is 2.96. The maximum absolute atomic E-state index is 5.50. The van der Waals surface area contributed by atoms with Gasteiger partial charge in [-0.1, -0.05) is 29.8 Å². The fraction of sp³-hybridized carbons (Fsp3) is 0.333. The molecule has 0 spiro atoms. The van der Waals surface area contributed by atoms with Crippen molar-refractivity contribution in [3.63, 3.8) is 0 Å². The van der Waals surface area contributed by atoms with Gasteiger partial charge in [-0.05, 0) is 31.9 Å². The molecule has 0 aromatic carbocycles. The lowest BCUT2D eigenvalue weighted by molar-refractivity contribution is 1.15. The van der Waals surface area contributed by atoms with Crippen molar-refractivity contribution in [3.8, 4) is 0 Å². The molecule has 0 aliphatic carbocycles. The van der Waals surface area contributed by atoms with Crippen LogP contribution in [0.15, 0.2) is 35.0 Å². The van der Waals surface area contributed by atoms with Gasteiger partial charge in [-0.2, -0.15) is 0 Å². The van der Waals surface area contributed by atoms with E-state index >= 15 is 0 Å². The Bertz CT molecular complexity index is 198. The molecule has 0 aromatic heterocycles. The molecule has 0 aliphatic heterocycles. The molecule has 11 heavy (non-hydrogen) atoms. The maximum Gasteiger partial charge on any atom is 0.0994 e. The quantitative estimate of drug-likeness (QED) is 0.395. The summed E-state index contributed by atoms with van der Waals surface area (Å²) < 4.78 is 0. The lowest BCUT2D eigenvalue weighted by atomic mass is 10.1. The zero-order valence-electron chi connectivity index (χ0n) is 7.02. The number of hydrogen-bond donors (Lipinski definition) is 1. The molecule has 2 heteroatoms. The van der Waals surface area contributed by atoms with Gasteiger partial charge in [0.25, 0.3) is 0 Å². The standard InChI is InChI=1S/C9H14ClN/c1-4-8(5-7(2)3)6-9(10)11/h4,6H,2,5,11H2,1,3H3/b8-4-,9-6-. The monoisotopic (exact) mass is 171 g/mol. The molecule has 0 bridgehead atoms. The van der Waals surface area contributed by atoms with Crippen molar-refractivity contribution < 1.29 is 0 Å². The first-order chi connectivity index (χ1) is 5.06. The van der Waals surface area contributed by atoms with E-state index in [1.54, 1.807) is 6.08 Å². The van der Waals surface area contributed by atoms with E-state index in [0.29, 0.717) is 5.16 Å². The number of nitrogens with two attached hydrogens (primary N) is 1. The second-order valence-electron chi connectivity index (χ2n) is 2.53. The van der Waals surface area contributed by atoms with Gasteiger partial charge >= 0.3 is 0 Å². The van der Waals surface area contributed by atoms with Crippen molar-refractivity contribution in [2.24, 2.45) is 5.73 Å². The Hall–Kier alpha value is -0.690. The first kappa shape index (κ1) is 10.3. The topological polar surface area (TPSA) is 26.0 Å². The summed E-state index contributed by atoms with van der Waals surface area (Å²) in [6.07, 6.45) is 4.56. The van der Waals surface area contributed by atoms with Crippen LogP contribution in [0.5, 0.6) is 0 Å². The van der Waals surface area contributed by atoms with Crippen LogP contribution >= 0.6 is 11.6 Å². The van der Waals surface area contributed by atoms with E-state index in [1.165, 1.54) is 0 Å². The van der Waals surface area contributed by atoms with Crippen molar-refractivity contribution >= 4 is 11.6 Å². The van der Waals surface area contributed by atoms with Crippen molar-refractivity contribution in [3.05, 3.63) is 35.0 Å².